The van der Waals surface area contributed by atoms with Gasteiger partial charge in [-0.05, 0) is 117 Å². The first kappa shape index (κ1) is 34.6. The highest BCUT2D eigenvalue weighted by Crippen LogP contribution is 2.62. The van der Waals surface area contributed by atoms with Crippen LogP contribution >= 0.6 is 11.8 Å². The van der Waals surface area contributed by atoms with Gasteiger partial charge >= 0.3 is 12.4 Å². The summed E-state index contributed by atoms with van der Waals surface area (Å²) in [5.41, 5.74) is 7.07. The molecular formula is C47H24F6N2O2S. The minimum atomic E-state index is -4.58. The van der Waals surface area contributed by atoms with E-state index in [0.29, 0.717) is 16.7 Å². The molecule has 0 fully saturated rings. The first-order chi connectivity index (χ1) is 27.9. The quantitative estimate of drug-likeness (QED) is 0.167. The van der Waals surface area contributed by atoms with E-state index < -0.39 is 28.9 Å². The van der Waals surface area contributed by atoms with Crippen molar-refractivity contribution < 1.29 is 35.2 Å². The van der Waals surface area contributed by atoms with Crippen molar-refractivity contribution in [1.82, 2.24) is 9.97 Å². The molecule has 11 heteroatoms. The predicted molar refractivity (Wildman–Crippen MR) is 209 cm³/mol. The monoisotopic (exact) mass is 794 g/mol. The lowest BCUT2D eigenvalue weighted by molar-refractivity contribution is -0.138. The van der Waals surface area contributed by atoms with Crippen molar-refractivity contribution in [2.45, 2.75) is 27.6 Å². The lowest BCUT2D eigenvalue weighted by atomic mass is 9.67. The molecule has 282 valence electrons. The molecular weight excluding hydrogens is 771 g/mol. The molecule has 0 N–H and O–H groups in total. The van der Waals surface area contributed by atoms with E-state index in [1.165, 1.54) is 33.1 Å². The number of halogens is 6. The molecule has 0 bridgehead atoms. The normalized spacial score (nSPS) is 14.1. The second kappa shape index (κ2) is 12.2. The Balaban J connectivity index is 1.12. The molecule has 0 unspecified atom stereocenters. The summed E-state index contributed by atoms with van der Waals surface area (Å²) in [5.74, 6) is 0.0949. The Labute approximate surface area is 329 Å². The summed E-state index contributed by atoms with van der Waals surface area (Å²) in [6.07, 6.45) is -9.16. The maximum Gasteiger partial charge on any atom is 0.416 e. The Hall–Kier alpha value is -6.59. The SMILES string of the molecule is FC(F)(F)c1ccc2oc(-c3cc(-c4ccc5c(c4)-c4ccccc4C54c5ccccc5Sc5ccccc54)cc(-c4nc5cc(C(F)(F)F)ccc5o4)c3)nc2c1. The Morgan fingerprint density at radius 2 is 0.914 bits per heavy atom. The topological polar surface area (TPSA) is 52.1 Å². The molecule has 7 aromatic carbocycles. The average molecular weight is 795 g/mol. The van der Waals surface area contributed by atoms with Crippen molar-refractivity contribution >= 4 is 34.0 Å². The van der Waals surface area contributed by atoms with Crippen LogP contribution in [0.2, 0.25) is 0 Å². The van der Waals surface area contributed by atoms with Crippen molar-refractivity contribution in [3.63, 3.8) is 0 Å². The Bertz CT molecular complexity index is 3010. The summed E-state index contributed by atoms with van der Waals surface area (Å²) in [6, 6.07) is 43.2. The second-order valence-electron chi connectivity index (χ2n) is 14.3. The molecule has 0 radical (unpaired) electrons. The fourth-order valence-corrected chi connectivity index (χ4v) is 9.73. The first-order valence-corrected chi connectivity index (χ1v) is 19.0. The molecule has 4 nitrogen and oxygen atoms in total. The number of hydrogen-bond acceptors (Lipinski definition) is 5. The average Bonchev–Trinajstić information content (AvgIpc) is 3.93. The number of hydrogen-bond donors (Lipinski definition) is 0. The third kappa shape index (κ3) is 5.19. The van der Waals surface area contributed by atoms with Gasteiger partial charge in [-0.25, -0.2) is 9.97 Å². The van der Waals surface area contributed by atoms with Crippen LogP contribution in [0, 0.1) is 0 Å². The van der Waals surface area contributed by atoms with E-state index in [0.717, 1.165) is 52.1 Å². The lowest BCUT2D eigenvalue weighted by Gasteiger charge is -2.39. The smallest absolute Gasteiger partial charge is 0.416 e. The Morgan fingerprint density at radius 1 is 0.431 bits per heavy atom. The van der Waals surface area contributed by atoms with Crippen LogP contribution in [0.15, 0.2) is 164 Å². The molecule has 9 aromatic rings. The van der Waals surface area contributed by atoms with Crippen LogP contribution in [0.1, 0.15) is 33.4 Å². The van der Waals surface area contributed by atoms with Crippen LogP contribution in [-0.4, -0.2) is 9.97 Å². The zero-order valence-corrected chi connectivity index (χ0v) is 30.6. The van der Waals surface area contributed by atoms with Gasteiger partial charge in [-0.15, -0.1) is 0 Å². The highest BCUT2D eigenvalue weighted by molar-refractivity contribution is 7.99. The first-order valence-electron chi connectivity index (χ1n) is 18.2. The van der Waals surface area contributed by atoms with Crippen LogP contribution in [0.5, 0.6) is 0 Å². The maximum atomic E-state index is 13.6. The van der Waals surface area contributed by atoms with Gasteiger partial charge in [-0.3, -0.25) is 0 Å². The van der Waals surface area contributed by atoms with E-state index in [1.807, 2.05) is 24.3 Å². The number of alkyl halides is 6. The molecule has 0 amide bonds. The van der Waals surface area contributed by atoms with Crippen LogP contribution in [0.3, 0.4) is 0 Å². The van der Waals surface area contributed by atoms with Crippen molar-refractivity contribution in [2.75, 3.05) is 0 Å². The van der Waals surface area contributed by atoms with E-state index in [-0.39, 0.29) is 34.0 Å². The van der Waals surface area contributed by atoms with Gasteiger partial charge in [0.15, 0.2) is 11.2 Å². The third-order valence-corrected chi connectivity index (χ3v) is 12.2. The number of fused-ring (bicyclic) bond motifs is 11. The lowest BCUT2D eigenvalue weighted by Crippen LogP contribution is -2.31. The van der Waals surface area contributed by atoms with Crippen molar-refractivity contribution in [3.05, 3.63) is 179 Å². The van der Waals surface area contributed by atoms with Crippen LogP contribution in [0.4, 0.5) is 26.3 Å². The standard InChI is InChI=1S/C47H24F6N2O2S/c48-46(49,50)29-14-17-39-37(23-29)54-43(56-39)27-19-26(20-28(21-27)44-55-38-24-30(47(51,52)53)15-18-40(38)57-44)25-13-16-34-32(22-25)31-7-1-2-8-33(31)45(34)35-9-3-5-11-41(35)58-42-12-6-4-10-36(42)45/h1-24H. The van der Waals surface area contributed by atoms with E-state index >= 15 is 0 Å². The largest absolute Gasteiger partial charge is 0.436 e. The van der Waals surface area contributed by atoms with Gasteiger partial charge in [-0.1, -0.05) is 84.6 Å². The second-order valence-corrected chi connectivity index (χ2v) is 15.4. The molecule has 1 aliphatic carbocycles. The van der Waals surface area contributed by atoms with Crippen molar-refractivity contribution in [1.29, 1.82) is 0 Å². The zero-order valence-electron chi connectivity index (χ0n) is 29.7. The van der Waals surface area contributed by atoms with Crippen LogP contribution in [0.25, 0.3) is 67.4 Å². The van der Waals surface area contributed by atoms with Gasteiger partial charge < -0.3 is 8.83 Å². The summed E-state index contributed by atoms with van der Waals surface area (Å²) >= 11 is 1.76. The molecule has 1 spiro atoms. The molecule has 0 saturated heterocycles. The van der Waals surface area contributed by atoms with E-state index in [4.69, 9.17) is 8.83 Å². The van der Waals surface area contributed by atoms with Gasteiger partial charge in [0.05, 0.1) is 16.5 Å². The highest BCUT2D eigenvalue weighted by Gasteiger charge is 2.50. The fourth-order valence-electron chi connectivity index (χ4n) is 8.53. The summed E-state index contributed by atoms with van der Waals surface area (Å²) in [4.78, 5) is 11.2. The van der Waals surface area contributed by atoms with Gasteiger partial charge in [0.25, 0.3) is 0 Å². The van der Waals surface area contributed by atoms with Crippen LogP contribution < -0.4 is 0 Å². The highest BCUT2D eigenvalue weighted by atomic mass is 32.2. The molecule has 3 heterocycles. The summed E-state index contributed by atoms with van der Waals surface area (Å²) in [5, 5.41) is 0. The molecule has 58 heavy (non-hydrogen) atoms. The van der Waals surface area contributed by atoms with E-state index in [9.17, 15) is 26.3 Å². The van der Waals surface area contributed by atoms with Gasteiger partial charge in [0.1, 0.15) is 11.0 Å². The minimum absolute atomic E-state index is 0.0176. The Morgan fingerprint density at radius 3 is 1.47 bits per heavy atom. The summed E-state index contributed by atoms with van der Waals surface area (Å²) < 4.78 is 93.7. The van der Waals surface area contributed by atoms with E-state index in [2.05, 4.69) is 88.8 Å². The zero-order chi connectivity index (χ0) is 39.6. The number of nitrogens with zero attached hydrogens (tertiary/aromatic N) is 2. The number of oxazole rings is 2. The third-order valence-electron chi connectivity index (χ3n) is 11.0. The van der Waals surface area contributed by atoms with Gasteiger partial charge in [0.2, 0.25) is 11.8 Å². The maximum absolute atomic E-state index is 13.6. The number of benzene rings is 7. The van der Waals surface area contributed by atoms with Crippen molar-refractivity contribution in [3.8, 4) is 45.2 Å². The molecule has 0 saturated carbocycles. The predicted octanol–water partition coefficient (Wildman–Crippen LogP) is 13.8. The minimum Gasteiger partial charge on any atom is -0.436 e. The molecule has 1 aliphatic heterocycles. The number of rotatable bonds is 3. The van der Waals surface area contributed by atoms with Crippen molar-refractivity contribution in [2.24, 2.45) is 0 Å². The molecule has 0 atom stereocenters. The molecule has 2 aromatic heterocycles. The number of aromatic nitrogens is 2. The summed E-state index contributed by atoms with van der Waals surface area (Å²) in [7, 11) is 0. The fraction of sp³-hybridized carbons (Fsp3) is 0.0638. The van der Waals surface area contributed by atoms with E-state index in [1.54, 1.807) is 17.8 Å². The summed E-state index contributed by atoms with van der Waals surface area (Å²) in [6.45, 7) is 0. The Kier molecular flexibility index (Phi) is 7.29. The molecule has 2 aliphatic rings. The van der Waals surface area contributed by atoms with Gasteiger partial charge in [0, 0.05) is 20.9 Å². The molecule has 11 rings (SSSR count). The van der Waals surface area contributed by atoms with Gasteiger partial charge in [-0.2, -0.15) is 26.3 Å². The van der Waals surface area contributed by atoms with Crippen LogP contribution in [-0.2, 0) is 17.8 Å².